The highest BCUT2D eigenvalue weighted by molar-refractivity contribution is 5.79. The summed E-state index contributed by atoms with van der Waals surface area (Å²) in [5.74, 6) is 2.06. The lowest BCUT2D eigenvalue weighted by Gasteiger charge is -2.11. The molecule has 2 fully saturated rings. The average molecular weight is 593 g/mol. The Morgan fingerprint density at radius 1 is 0.545 bits per heavy atom. The SMILES string of the molecule is CC1c2cc(CCc3ccc(OCOCC4CO4)cc3)ccc2-c2ccc(CCc3ccc(OCOCC4CO4)cc3)cc21. The van der Waals surface area contributed by atoms with Crippen LogP contribution in [-0.4, -0.2) is 52.2 Å². The van der Waals surface area contributed by atoms with Gasteiger partial charge in [-0.15, -0.1) is 0 Å². The molecule has 44 heavy (non-hydrogen) atoms. The fourth-order valence-electron chi connectivity index (χ4n) is 5.90. The second kappa shape index (κ2) is 13.5. The topological polar surface area (TPSA) is 62.0 Å². The third-order valence-corrected chi connectivity index (χ3v) is 8.74. The van der Waals surface area contributed by atoms with E-state index < -0.39 is 0 Å². The molecule has 1 aliphatic carbocycles. The van der Waals surface area contributed by atoms with Crippen LogP contribution in [0.5, 0.6) is 11.5 Å². The number of ether oxygens (including phenoxy) is 6. The lowest BCUT2D eigenvalue weighted by molar-refractivity contribution is 0.00809. The van der Waals surface area contributed by atoms with Crippen LogP contribution in [0.1, 0.15) is 46.2 Å². The molecule has 0 radical (unpaired) electrons. The maximum atomic E-state index is 5.68. The van der Waals surface area contributed by atoms with Gasteiger partial charge in [0.15, 0.2) is 13.6 Å². The van der Waals surface area contributed by atoms with Gasteiger partial charge in [0.05, 0.1) is 26.4 Å². The number of benzene rings is 4. The number of hydrogen-bond acceptors (Lipinski definition) is 6. The summed E-state index contributed by atoms with van der Waals surface area (Å²) in [5.41, 5.74) is 11.0. The molecule has 2 saturated heterocycles. The highest BCUT2D eigenvalue weighted by atomic mass is 16.7. The van der Waals surface area contributed by atoms with Gasteiger partial charge in [-0.1, -0.05) is 67.6 Å². The molecule has 2 heterocycles. The van der Waals surface area contributed by atoms with Gasteiger partial charge in [0.25, 0.3) is 0 Å². The van der Waals surface area contributed by atoms with E-state index in [0.29, 0.717) is 19.1 Å². The molecule has 7 rings (SSSR count). The minimum Gasteiger partial charge on any atom is -0.468 e. The quantitative estimate of drug-likeness (QED) is 0.0802. The Balaban J connectivity index is 0.896. The smallest absolute Gasteiger partial charge is 0.189 e. The van der Waals surface area contributed by atoms with Gasteiger partial charge in [0, 0.05) is 5.92 Å². The molecule has 2 unspecified atom stereocenters. The number of epoxide rings is 2. The monoisotopic (exact) mass is 592 g/mol. The van der Waals surface area contributed by atoms with Crippen LogP contribution < -0.4 is 9.47 Å². The molecule has 6 heteroatoms. The maximum absolute atomic E-state index is 5.68. The molecule has 2 aliphatic heterocycles. The normalized spacial score (nSPS) is 19.3. The van der Waals surface area contributed by atoms with Gasteiger partial charge in [-0.3, -0.25) is 0 Å². The molecule has 2 atom stereocenters. The van der Waals surface area contributed by atoms with Gasteiger partial charge in [-0.05, 0) is 94.5 Å². The second-order valence-electron chi connectivity index (χ2n) is 12.0. The first-order valence-corrected chi connectivity index (χ1v) is 15.8. The fourth-order valence-corrected chi connectivity index (χ4v) is 5.90. The van der Waals surface area contributed by atoms with Crippen molar-refractivity contribution < 1.29 is 28.4 Å². The van der Waals surface area contributed by atoms with E-state index in [2.05, 4.69) is 67.6 Å². The first kappa shape index (κ1) is 29.1. The van der Waals surface area contributed by atoms with E-state index in [1.54, 1.807) is 0 Å². The molecule has 0 bridgehead atoms. The molecule has 6 nitrogen and oxygen atoms in total. The Kier molecular flexibility index (Phi) is 8.94. The van der Waals surface area contributed by atoms with Crippen molar-refractivity contribution in [2.45, 2.75) is 50.7 Å². The van der Waals surface area contributed by atoms with E-state index in [9.17, 15) is 0 Å². The van der Waals surface area contributed by atoms with Crippen molar-refractivity contribution in [2.75, 3.05) is 40.0 Å². The van der Waals surface area contributed by atoms with Gasteiger partial charge in [-0.25, -0.2) is 0 Å². The first-order valence-electron chi connectivity index (χ1n) is 15.8. The molecule has 0 saturated carbocycles. The highest BCUT2D eigenvalue weighted by Gasteiger charge is 2.26. The van der Waals surface area contributed by atoms with Crippen molar-refractivity contribution in [3.05, 3.63) is 118 Å². The summed E-state index contributed by atoms with van der Waals surface area (Å²) in [5, 5.41) is 0. The maximum Gasteiger partial charge on any atom is 0.189 e. The Labute approximate surface area is 259 Å². The molecule has 228 valence electrons. The lowest BCUT2D eigenvalue weighted by atomic mass is 9.94. The van der Waals surface area contributed by atoms with Crippen LogP contribution in [0.3, 0.4) is 0 Å². The molecular weight excluding hydrogens is 552 g/mol. The second-order valence-corrected chi connectivity index (χ2v) is 12.0. The summed E-state index contributed by atoms with van der Waals surface area (Å²) >= 11 is 0. The summed E-state index contributed by atoms with van der Waals surface area (Å²) in [6.07, 6.45) is 4.54. The van der Waals surface area contributed by atoms with Crippen LogP contribution in [0.2, 0.25) is 0 Å². The average Bonchev–Trinajstić information content (AvgIpc) is 4.01. The van der Waals surface area contributed by atoms with Gasteiger partial charge in [-0.2, -0.15) is 0 Å². The van der Waals surface area contributed by atoms with Crippen molar-refractivity contribution in [1.82, 2.24) is 0 Å². The summed E-state index contributed by atoms with van der Waals surface area (Å²) < 4.78 is 32.6. The van der Waals surface area contributed by atoms with Crippen LogP contribution in [-0.2, 0) is 44.6 Å². The Hall–Kier alpha value is -3.68. The van der Waals surface area contributed by atoms with E-state index in [-0.39, 0.29) is 25.8 Å². The van der Waals surface area contributed by atoms with E-state index in [0.717, 1.165) is 50.4 Å². The minimum atomic E-state index is 0.258. The molecule has 0 N–H and O–H groups in total. The van der Waals surface area contributed by atoms with Crippen molar-refractivity contribution in [1.29, 1.82) is 0 Å². The van der Waals surface area contributed by atoms with E-state index in [1.165, 1.54) is 44.5 Å². The fraction of sp³-hybridized carbons (Fsp3) is 0.368. The molecule has 0 spiro atoms. The van der Waals surface area contributed by atoms with Crippen molar-refractivity contribution in [3.8, 4) is 22.6 Å². The van der Waals surface area contributed by atoms with Crippen molar-refractivity contribution in [3.63, 3.8) is 0 Å². The summed E-state index contributed by atoms with van der Waals surface area (Å²) in [6.45, 7) is 5.66. The highest BCUT2D eigenvalue weighted by Crippen LogP contribution is 2.45. The molecule has 0 amide bonds. The van der Waals surface area contributed by atoms with Gasteiger partial charge >= 0.3 is 0 Å². The standard InChI is InChI=1S/C38H40O6/c1-26-37-18-29(4-2-27-6-12-31(13-7-27)43-24-39-20-33-22-41-33)10-16-35(37)36-17-11-30(19-38(26)36)5-3-28-8-14-32(15-9-28)44-25-40-21-34-23-42-34/h6-19,26,33-34H,2-5,20-25H2,1H3. The minimum absolute atomic E-state index is 0.258. The molecular formula is C38H40O6. The molecule has 3 aliphatic rings. The summed E-state index contributed by atoms with van der Waals surface area (Å²) in [6, 6.07) is 30.8. The number of hydrogen-bond donors (Lipinski definition) is 0. The largest absolute Gasteiger partial charge is 0.468 e. The van der Waals surface area contributed by atoms with Crippen LogP contribution in [0.15, 0.2) is 84.9 Å². The Bertz CT molecular complexity index is 1420. The number of fused-ring (bicyclic) bond motifs is 3. The molecule has 0 aromatic heterocycles. The van der Waals surface area contributed by atoms with Crippen LogP contribution in [0.4, 0.5) is 0 Å². The third-order valence-electron chi connectivity index (χ3n) is 8.74. The van der Waals surface area contributed by atoms with E-state index in [4.69, 9.17) is 28.4 Å². The summed E-state index contributed by atoms with van der Waals surface area (Å²) in [4.78, 5) is 0. The van der Waals surface area contributed by atoms with E-state index >= 15 is 0 Å². The predicted molar refractivity (Wildman–Crippen MR) is 169 cm³/mol. The van der Waals surface area contributed by atoms with Gasteiger partial charge in [0.1, 0.15) is 23.7 Å². The molecule has 4 aromatic carbocycles. The van der Waals surface area contributed by atoms with Crippen LogP contribution in [0, 0.1) is 0 Å². The zero-order valence-electron chi connectivity index (χ0n) is 25.3. The Morgan fingerprint density at radius 2 is 0.932 bits per heavy atom. The number of aryl methyl sites for hydroxylation is 4. The third kappa shape index (κ3) is 7.51. The van der Waals surface area contributed by atoms with Gasteiger partial charge < -0.3 is 28.4 Å². The van der Waals surface area contributed by atoms with Crippen LogP contribution in [0.25, 0.3) is 11.1 Å². The Morgan fingerprint density at radius 3 is 1.34 bits per heavy atom. The zero-order chi connectivity index (χ0) is 29.7. The van der Waals surface area contributed by atoms with Gasteiger partial charge in [0.2, 0.25) is 0 Å². The summed E-state index contributed by atoms with van der Waals surface area (Å²) in [7, 11) is 0. The zero-order valence-corrected chi connectivity index (χ0v) is 25.3. The lowest BCUT2D eigenvalue weighted by Crippen LogP contribution is -2.07. The van der Waals surface area contributed by atoms with Crippen molar-refractivity contribution >= 4 is 0 Å². The molecule has 4 aromatic rings. The van der Waals surface area contributed by atoms with E-state index in [1.807, 2.05) is 24.3 Å². The van der Waals surface area contributed by atoms with Crippen LogP contribution >= 0.6 is 0 Å². The first-order chi connectivity index (χ1) is 21.7. The predicted octanol–water partition coefficient (Wildman–Crippen LogP) is 6.89. The van der Waals surface area contributed by atoms with Crippen molar-refractivity contribution in [2.24, 2.45) is 0 Å². The number of rotatable bonds is 16.